The van der Waals surface area contributed by atoms with Gasteiger partial charge in [0.05, 0.1) is 6.33 Å². The highest BCUT2D eigenvalue weighted by molar-refractivity contribution is 7.13. The van der Waals surface area contributed by atoms with Crippen LogP contribution < -0.4 is 10.6 Å². The fourth-order valence-electron chi connectivity index (χ4n) is 1.34. The summed E-state index contributed by atoms with van der Waals surface area (Å²) in [6.45, 7) is 0. The normalized spacial score (nSPS) is 11.8. The minimum Gasteiger partial charge on any atom is -0.480 e. The molecule has 1 atom stereocenters. The summed E-state index contributed by atoms with van der Waals surface area (Å²) in [6.07, 6.45) is 3.05. The smallest absolute Gasteiger partial charge is 0.326 e. The average molecular weight is 282 g/mol. The first-order chi connectivity index (χ1) is 9.15. The van der Waals surface area contributed by atoms with Crippen LogP contribution >= 0.6 is 11.3 Å². The van der Waals surface area contributed by atoms with Crippen molar-refractivity contribution in [2.45, 2.75) is 12.5 Å². The lowest BCUT2D eigenvalue weighted by atomic mass is 10.2. The van der Waals surface area contributed by atoms with Gasteiger partial charge in [0.2, 0.25) is 5.13 Å². The van der Waals surface area contributed by atoms with Crippen LogP contribution in [0.4, 0.5) is 9.93 Å². The number of hydrogen-bond donors (Lipinski definition) is 4. The van der Waals surface area contributed by atoms with E-state index in [0.29, 0.717) is 10.8 Å². The molecule has 0 radical (unpaired) electrons. The molecule has 0 unspecified atom stereocenters. The van der Waals surface area contributed by atoms with Gasteiger partial charge in [0.25, 0.3) is 0 Å². The number of carbonyl (C=O) groups is 2. The summed E-state index contributed by atoms with van der Waals surface area (Å²) in [6, 6.07) is -1.71. The third-order valence-electron chi connectivity index (χ3n) is 2.16. The van der Waals surface area contributed by atoms with E-state index in [4.69, 9.17) is 5.11 Å². The molecule has 0 fully saturated rings. The molecule has 0 bridgehead atoms. The number of nitrogens with one attached hydrogen (secondary N) is 3. The average Bonchev–Trinajstić information content (AvgIpc) is 3.00. The Labute approximate surface area is 111 Å². The molecule has 0 aliphatic carbocycles. The zero-order chi connectivity index (χ0) is 13.7. The molecule has 2 heterocycles. The minimum absolute atomic E-state index is 0.110. The Bertz CT molecular complexity index is 540. The molecule has 2 rings (SSSR count). The predicted octanol–water partition coefficient (Wildman–Crippen LogP) is 0.0786. The third kappa shape index (κ3) is 3.74. The van der Waals surface area contributed by atoms with E-state index >= 15 is 0 Å². The number of carbonyl (C=O) groups excluding carboxylic acids is 1. The van der Waals surface area contributed by atoms with Gasteiger partial charge in [-0.1, -0.05) is 11.3 Å². The Morgan fingerprint density at radius 3 is 2.95 bits per heavy atom. The summed E-state index contributed by atoms with van der Waals surface area (Å²) in [5, 5.41) is 21.2. The number of carboxylic acids is 1. The lowest BCUT2D eigenvalue weighted by molar-refractivity contribution is -0.139. The van der Waals surface area contributed by atoms with Crippen LogP contribution in [0.1, 0.15) is 5.69 Å². The van der Waals surface area contributed by atoms with Gasteiger partial charge in [-0.25, -0.2) is 14.6 Å². The first-order valence-electron chi connectivity index (χ1n) is 5.19. The van der Waals surface area contributed by atoms with Crippen molar-refractivity contribution in [3.05, 3.63) is 23.7 Å². The number of anilines is 1. The molecular formula is C9H10N6O3S. The Kier molecular flexibility index (Phi) is 4.03. The highest BCUT2D eigenvalue weighted by Gasteiger charge is 2.21. The molecule has 9 nitrogen and oxygen atoms in total. The first-order valence-corrected chi connectivity index (χ1v) is 6.07. The van der Waals surface area contributed by atoms with Gasteiger partial charge in [-0.05, 0) is 0 Å². The number of aliphatic carboxylic acids is 1. The van der Waals surface area contributed by atoms with Crippen LogP contribution in [-0.4, -0.2) is 43.3 Å². The summed E-state index contributed by atoms with van der Waals surface area (Å²) in [7, 11) is 0. The van der Waals surface area contributed by atoms with Crippen molar-refractivity contribution in [3.63, 3.8) is 0 Å². The molecule has 0 aromatic carbocycles. The lowest BCUT2D eigenvalue weighted by Crippen LogP contribution is -2.44. The molecule has 100 valence electrons. The second-order valence-corrected chi connectivity index (χ2v) is 4.35. The lowest BCUT2D eigenvalue weighted by Gasteiger charge is -2.13. The maximum absolute atomic E-state index is 11.6. The molecule has 0 saturated heterocycles. The second kappa shape index (κ2) is 5.91. The Balaban J connectivity index is 1.93. The Morgan fingerprint density at radius 2 is 2.37 bits per heavy atom. The van der Waals surface area contributed by atoms with E-state index in [2.05, 4.69) is 30.8 Å². The number of H-pyrrole nitrogens is 1. The van der Waals surface area contributed by atoms with Crippen molar-refractivity contribution >= 4 is 28.5 Å². The molecule has 0 saturated carbocycles. The number of aromatic amines is 1. The zero-order valence-electron chi connectivity index (χ0n) is 9.53. The molecule has 0 aliphatic heterocycles. The number of imidazole rings is 1. The predicted molar refractivity (Wildman–Crippen MR) is 65.8 cm³/mol. The molecule has 19 heavy (non-hydrogen) atoms. The van der Waals surface area contributed by atoms with Crippen molar-refractivity contribution in [2.24, 2.45) is 0 Å². The Hall–Kier alpha value is -2.49. The first kappa shape index (κ1) is 13.0. The van der Waals surface area contributed by atoms with E-state index < -0.39 is 18.0 Å². The van der Waals surface area contributed by atoms with Gasteiger partial charge < -0.3 is 15.4 Å². The standard InChI is InChI=1S/C9H10N6O3S/c16-7(17)6(1-5-2-10-3-11-5)13-8(18)14-9-15-12-4-19-9/h2-4,6H,1H2,(H,10,11)(H,16,17)(H2,13,14,15,18)/t6-/m0/s1. The van der Waals surface area contributed by atoms with Crippen LogP contribution in [0, 0.1) is 0 Å². The van der Waals surface area contributed by atoms with E-state index in [1.165, 1.54) is 18.0 Å². The number of aromatic nitrogens is 4. The summed E-state index contributed by atoms with van der Waals surface area (Å²) in [5.41, 5.74) is 2.07. The van der Waals surface area contributed by atoms with Crippen molar-refractivity contribution in [1.29, 1.82) is 0 Å². The summed E-state index contributed by atoms with van der Waals surface area (Å²) in [5.74, 6) is -1.14. The molecule has 2 amide bonds. The minimum atomic E-state index is -1.14. The number of carboxylic acid groups (broad SMARTS) is 1. The zero-order valence-corrected chi connectivity index (χ0v) is 10.3. The molecule has 2 aromatic rings. The van der Waals surface area contributed by atoms with Crippen LogP contribution in [0.15, 0.2) is 18.0 Å². The van der Waals surface area contributed by atoms with E-state index in [9.17, 15) is 9.59 Å². The van der Waals surface area contributed by atoms with Crippen molar-refractivity contribution in [3.8, 4) is 0 Å². The van der Waals surface area contributed by atoms with Gasteiger partial charge in [-0.3, -0.25) is 5.32 Å². The van der Waals surface area contributed by atoms with Gasteiger partial charge in [-0.2, -0.15) is 0 Å². The van der Waals surface area contributed by atoms with Crippen LogP contribution in [0.5, 0.6) is 0 Å². The van der Waals surface area contributed by atoms with Crippen molar-refractivity contribution in [2.75, 3.05) is 5.32 Å². The molecule has 0 spiro atoms. The van der Waals surface area contributed by atoms with Gasteiger partial charge in [0, 0.05) is 18.3 Å². The molecule has 10 heteroatoms. The number of rotatable bonds is 5. The highest BCUT2D eigenvalue weighted by Crippen LogP contribution is 2.07. The number of amides is 2. The maximum Gasteiger partial charge on any atom is 0.326 e. The van der Waals surface area contributed by atoms with Gasteiger partial charge in [-0.15, -0.1) is 10.2 Å². The quantitative estimate of drug-likeness (QED) is 0.613. The van der Waals surface area contributed by atoms with Gasteiger partial charge >= 0.3 is 12.0 Å². The highest BCUT2D eigenvalue weighted by atomic mass is 32.1. The third-order valence-corrected chi connectivity index (χ3v) is 2.77. The van der Waals surface area contributed by atoms with Crippen molar-refractivity contribution < 1.29 is 14.7 Å². The maximum atomic E-state index is 11.6. The monoisotopic (exact) mass is 282 g/mol. The summed E-state index contributed by atoms with van der Waals surface area (Å²) < 4.78 is 0. The summed E-state index contributed by atoms with van der Waals surface area (Å²) >= 11 is 1.13. The van der Waals surface area contributed by atoms with E-state index in [1.807, 2.05) is 0 Å². The van der Waals surface area contributed by atoms with Gasteiger partial charge in [0.15, 0.2) is 0 Å². The van der Waals surface area contributed by atoms with E-state index in [-0.39, 0.29) is 6.42 Å². The number of hydrogen-bond acceptors (Lipinski definition) is 6. The van der Waals surface area contributed by atoms with Gasteiger partial charge in [0.1, 0.15) is 11.6 Å². The van der Waals surface area contributed by atoms with Crippen LogP contribution in [-0.2, 0) is 11.2 Å². The summed E-state index contributed by atoms with van der Waals surface area (Å²) in [4.78, 5) is 29.2. The molecule has 0 aliphatic rings. The topological polar surface area (TPSA) is 133 Å². The largest absolute Gasteiger partial charge is 0.480 e. The fourth-order valence-corrected chi connectivity index (χ4v) is 1.78. The van der Waals surface area contributed by atoms with Crippen LogP contribution in [0.2, 0.25) is 0 Å². The number of nitrogens with zero attached hydrogens (tertiary/aromatic N) is 3. The molecular weight excluding hydrogens is 272 g/mol. The van der Waals surface area contributed by atoms with Crippen LogP contribution in [0.25, 0.3) is 0 Å². The second-order valence-electron chi connectivity index (χ2n) is 3.51. The fraction of sp³-hybridized carbons (Fsp3) is 0.222. The van der Waals surface area contributed by atoms with Crippen LogP contribution in [0.3, 0.4) is 0 Å². The van der Waals surface area contributed by atoms with Crippen molar-refractivity contribution in [1.82, 2.24) is 25.5 Å². The molecule has 2 aromatic heterocycles. The number of urea groups is 1. The van der Waals surface area contributed by atoms with E-state index in [0.717, 1.165) is 11.3 Å². The SMILES string of the molecule is O=C(Nc1nncs1)N[C@@H](Cc1cnc[nH]1)C(=O)O. The van der Waals surface area contributed by atoms with E-state index in [1.54, 1.807) is 0 Å². The molecule has 4 N–H and O–H groups in total. The Morgan fingerprint density at radius 1 is 1.53 bits per heavy atom.